The first-order chi connectivity index (χ1) is 12.4. The second kappa shape index (κ2) is 7.98. The van der Waals surface area contributed by atoms with Crippen molar-refractivity contribution < 1.29 is 28.2 Å². The number of hydrogen-bond donors (Lipinski definition) is 2. The molecule has 26 heavy (non-hydrogen) atoms. The number of amides is 1. The van der Waals surface area contributed by atoms with Gasteiger partial charge in [-0.3, -0.25) is 4.79 Å². The van der Waals surface area contributed by atoms with Crippen molar-refractivity contribution >= 4 is 5.91 Å². The Labute approximate surface area is 151 Å². The standard InChI is InChI=1S/C19H25F2NO4/c1-12(23)22-17(18(24)15-9-13(20)5-6-16(15)21)10-14-11-25-19(26-14)7-3-2-4-8-19/h5-6,9,14,17-18,24H,2-4,7-8,10-11H2,1H3,(H,22,23)/t14-,17-,18+/m0/s1. The van der Waals surface area contributed by atoms with Gasteiger partial charge in [-0.1, -0.05) is 6.42 Å². The predicted molar refractivity (Wildman–Crippen MR) is 90.2 cm³/mol. The summed E-state index contributed by atoms with van der Waals surface area (Å²) in [6.45, 7) is 1.67. The fraction of sp³-hybridized carbons (Fsp3) is 0.632. The molecular weight excluding hydrogens is 344 g/mol. The average molecular weight is 369 g/mol. The van der Waals surface area contributed by atoms with Crippen molar-refractivity contribution in [3.8, 4) is 0 Å². The van der Waals surface area contributed by atoms with Gasteiger partial charge in [-0.05, 0) is 37.5 Å². The second-order valence-electron chi connectivity index (χ2n) is 7.18. The first kappa shape index (κ1) is 19.2. The number of aliphatic hydroxyl groups excluding tert-OH is 1. The summed E-state index contributed by atoms with van der Waals surface area (Å²) in [6, 6.07) is 2.09. The Morgan fingerprint density at radius 3 is 2.77 bits per heavy atom. The van der Waals surface area contributed by atoms with Gasteiger partial charge in [-0.25, -0.2) is 8.78 Å². The topological polar surface area (TPSA) is 67.8 Å². The van der Waals surface area contributed by atoms with Crippen molar-refractivity contribution in [1.29, 1.82) is 0 Å². The van der Waals surface area contributed by atoms with Gasteiger partial charge in [-0.15, -0.1) is 0 Å². The second-order valence-corrected chi connectivity index (χ2v) is 7.18. The van der Waals surface area contributed by atoms with E-state index in [-0.39, 0.29) is 24.0 Å². The summed E-state index contributed by atoms with van der Waals surface area (Å²) in [4.78, 5) is 11.5. The molecule has 1 aromatic rings. The highest BCUT2D eigenvalue weighted by molar-refractivity contribution is 5.73. The van der Waals surface area contributed by atoms with E-state index in [1.54, 1.807) is 0 Å². The van der Waals surface area contributed by atoms with Crippen LogP contribution in [0, 0.1) is 11.6 Å². The zero-order chi connectivity index (χ0) is 18.7. The van der Waals surface area contributed by atoms with E-state index in [0.29, 0.717) is 6.61 Å². The molecule has 7 heteroatoms. The fourth-order valence-corrected chi connectivity index (χ4v) is 3.85. The highest BCUT2D eigenvalue weighted by Gasteiger charge is 2.43. The van der Waals surface area contributed by atoms with Crippen LogP contribution in [0.1, 0.15) is 57.1 Å². The first-order valence-corrected chi connectivity index (χ1v) is 9.10. The van der Waals surface area contributed by atoms with Crippen LogP contribution in [0.3, 0.4) is 0 Å². The summed E-state index contributed by atoms with van der Waals surface area (Å²) in [5, 5.41) is 13.2. The minimum Gasteiger partial charge on any atom is -0.386 e. The molecule has 0 radical (unpaired) electrons. The lowest BCUT2D eigenvalue weighted by Gasteiger charge is -2.32. The van der Waals surface area contributed by atoms with Crippen molar-refractivity contribution in [3.63, 3.8) is 0 Å². The number of carbonyl (C=O) groups is 1. The molecule has 2 aliphatic rings. The molecule has 3 atom stereocenters. The molecule has 1 saturated carbocycles. The Bertz CT molecular complexity index is 648. The molecule has 0 bridgehead atoms. The van der Waals surface area contributed by atoms with E-state index in [0.717, 1.165) is 50.3 Å². The molecule has 144 valence electrons. The lowest BCUT2D eigenvalue weighted by molar-refractivity contribution is -0.188. The summed E-state index contributed by atoms with van der Waals surface area (Å²) in [5.74, 6) is -2.30. The summed E-state index contributed by atoms with van der Waals surface area (Å²) < 4.78 is 39.5. The van der Waals surface area contributed by atoms with Crippen molar-refractivity contribution in [2.45, 2.75) is 69.5 Å². The Kier molecular flexibility index (Phi) is 5.89. The van der Waals surface area contributed by atoms with Crippen molar-refractivity contribution in [2.24, 2.45) is 0 Å². The molecule has 0 aromatic heterocycles. The predicted octanol–water partition coefficient (Wildman–Crippen LogP) is 2.97. The summed E-state index contributed by atoms with van der Waals surface area (Å²) >= 11 is 0. The van der Waals surface area contributed by atoms with Crippen LogP contribution >= 0.6 is 0 Å². The molecule has 1 heterocycles. The van der Waals surface area contributed by atoms with E-state index in [1.807, 2.05) is 0 Å². The third kappa shape index (κ3) is 4.39. The number of ether oxygens (including phenoxy) is 2. The van der Waals surface area contributed by atoms with Gasteiger partial charge >= 0.3 is 0 Å². The maximum absolute atomic E-state index is 14.0. The van der Waals surface area contributed by atoms with Gasteiger partial charge in [0, 0.05) is 25.3 Å². The van der Waals surface area contributed by atoms with Gasteiger partial charge in [0.1, 0.15) is 17.7 Å². The van der Waals surface area contributed by atoms with E-state index in [4.69, 9.17) is 9.47 Å². The first-order valence-electron chi connectivity index (χ1n) is 9.10. The van der Waals surface area contributed by atoms with Gasteiger partial charge in [-0.2, -0.15) is 0 Å². The van der Waals surface area contributed by atoms with Crippen LogP contribution in [0.15, 0.2) is 18.2 Å². The average Bonchev–Trinajstić information content (AvgIpc) is 2.98. The molecule has 3 rings (SSSR count). The summed E-state index contributed by atoms with van der Waals surface area (Å²) in [5.41, 5.74) is -0.185. The van der Waals surface area contributed by atoms with Crippen LogP contribution in [-0.4, -0.2) is 35.6 Å². The van der Waals surface area contributed by atoms with Crippen LogP contribution in [0.25, 0.3) is 0 Å². The number of carbonyl (C=O) groups excluding carboxylic acids is 1. The van der Waals surface area contributed by atoms with Gasteiger partial charge in [0.25, 0.3) is 0 Å². The van der Waals surface area contributed by atoms with E-state index >= 15 is 0 Å². The monoisotopic (exact) mass is 369 g/mol. The Balaban J connectivity index is 1.72. The molecule has 1 aromatic carbocycles. The number of aliphatic hydroxyl groups is 1. The minimum absolute atomic E-state index is 0.185. The molecule has 2 fully saturated rings. The van der Waals surface area contributed by atoms with Crippen molar-refractivity contribution in [2.75, 3.05) is 6.61 Å². The van der Waals surface area contributed by atoms with Crippen molar-refractivity contribution in [1.82, 2.24) is 5.32 Å². The van der Waals surface area contributed by atoms with Crippen LogP contribution in [0.2, 0.25) is 0 Å². The van der Waals surface area contributed by atoms with Crippen LogP contribution in [-0.2, 0) is 14.3 Å². The fourth-order valence-electron chi connectivity index (χ4n) is 3.85. The van der Waals surface area contributed by atoms with Crippen LogP contribution < -0.4 is 5.32 Å². The summed E-state index contributed by atoms with van der Waals surface area (Å²) in [6.07, 6.45) is 3.43. The van der Waals surface area contributed by atoms with Crippen molar-refractivity contribution in [3.05, 3.63) is 35.4 Å². The number of benzene rings is 1. The molecule has 1 amide bonds. The van der Waals surface area contributed by atoms with E-state index in [2.05, 4.69) is 5.32 Å². The maximum Gasteiger partial charge on any atom is 0.217 e. The number of hydrogen-bond acceptors (Lipinski definition) is 4. The van der Waals surface area contributed by atoms with Gasteiger partial charge < -0.3 is 19.9 Å². The maximum atomic E-state index is 14.0. The Morgan fingerprint density at radius 2 is 2.08 bits per heavy atom. The zero-order valence-electron chi connectivity index (χ0n) is 14.8. The smallest absolute Gasteiger partial charge is 0.217 e. The van der Waals surface area contributed by atoms with E-state index in [9.17, 15) is 18.7 Å². The molecule has 5 nitrogen and oxygen atoms in total. The van der Waals surface area contributed by atoms with E-state index in [1.165, 1.54) is 6.92 Å². The third-order valence-electron chi connectivity index (χ3n) is 5.09. The molecule has 2 N–H and O–H groups in total. The quantitative estimate of drug-likeness (QED) is 0.837. The number of nitrogens with one attached hydrogen (secondary N) is 1. The third-order valence-corrected chi connectivity index (χ3v) is 5.09. The molecular formula is C19H25F2NO4. The SMILES string of the molecule is CC(=O)N[C@@H](C[C@H]1COC2(CCCCC2)O1)[C@H](O)c1cc(F)ccc1F. The highest BCUT2D eigenvalue weighted by atomic mass is 19.1. The lowest BCUT2D eigenvalue weighted by atomic mass is 9.94. The van der Waals surface area contributed by atoms with Gasteiger partial charge in [0.05, 0.1) is 18.8 Å². The van der Waals surface area contributed by atoms with Gasteiger partial charge in [0.15, 0.2) is 5.79 Å². The molecule has 1 aliphatic carbocycles. The number of rotatable bonds is 5. The minimum atomic E-state index is -1.39. The van der Waals surface area contributed by atoms with E-state index < -0.39 is 29.6 Å². The van der Waals surface area contributed by atoms with Gasteiger partial charge in [0.2, 0.25) is 5.91 Å². The molecule has 1 saturated heterocycles. The van der Waals surface area contributed by atoms with Crippen LogP contribution in [0.4, 0.5) is 8.78 Å². The number of halogens is 2. The Morgan fingerprint density at radius 1 is 1.35 bits per heavy atom. The summed E-state index contributed by atoms with van der Waals surface area (Å²) in [7, 11) is 0. The lowest BCUT2D eigenvalue weighted by Crippen LogP contribution is -2.42. The Hall–Kier alpha value is -1.57. The largest absolute Gasteiger partial charge is 0.386 e. The molecule has 0 unspecified atom stereocenters. The normalized spacial score (nSPS) is 24.4. The zero-order valence-corrected chi connectivity index (χ0v) is 14.8. The molecule has 1 spiro atoms. The van der Waals surface area contributed by atoms with Crippen LogP contribution in [0.5, 0.6) is 0 Å². The highest BCUT2D eigenvalue weighted by Crippen LogP contribution is 2.39. The molecule has 1 aliphatic heterocycles.